The van der Waals surface area contributed by atoms with E-state index < -0.39 is 6.04 Å². The van der Waals surface area contributed by atoms with Crippen molar-refractivity contribution in [1.82, 2.24) is 15.1 Å². The van der Waals surface area contributed by atoms with Crippen molar-refractivity contribution in [2.45, 2.75) is 65.0 Å². The van der Waals surface area contributed by atoms with Crippen molar-refractivity contribution in [2.24, 2.45) is 5.92 Å². The maximum atomic E-state index is 13.2. The molecule has 1 aromatic carbocycles. The molecule has 0 aromatic heterocycles. The highest BCUT2D eigenvalue weighted by atomic mass is 16.2. The summed E-state index contributed by atoms with van der Waals surface area (Å²) in [5.74, 6) is 0.271. The van der Waals surface area contributed by atoms with Gasteiger partial charge in [0.1, 0.15) is 6.04 Å². The molecule has 0 bridgehead atoms. The standard InChI is InChI=1S/C23H35N3O2/c1-17(2)16-21(24-22(27)20-9-5-4-8-18(20)3)23(28)26-14-10-19(11-15-26)25-12-6-7-13-25/h4-5,8-9,17,19,21H,6-7,10-16H2,1-3H3,(H,24,27). The van der Waals surface area contributed by atoms with Gasteiger partial charge in [-0.05, 0) is 69.7 Å². The predicted octanol–water partition coefficient (Wildman–Crippen LogP) is 3.23. The van der Waals surface area contributed by atoms with Crippen molar-refractivity contribution in [3.05, 3.63) is 35.4 Å². The largest absolute Gasteiger partial charge is 0.341 e. The van der Waals surface area contributed by atoms with E-state index in [4.69, 9.17) is 0 Å². The van der Waals surface area contributed by atoms with Crippen LogP contribution in [0.4, 0.5) is 0 Å². The second kappa shape index (κ2) is 9.55. The molecule has 2 heterocycles. The average molecular weight is 386 g/mol. The van der Waals surface area contributed by atoms with Crippen LogP contribution in [0.1, 0.15) is 61.9 Å². The van der Waals surface area contributed by atoms with E-state index in [1.807, 2.05) is 36.1 Å². The van der Waals surface area contributed by atoms with E-state index in [-0.39, 0.29) is 11.8 Å². The first-order valence-electron chi connectivity index (χ1n) is 10.8. The SMILES string of the molecule is Cc1ccccc1C(=O)NC(CC(C)C)C(=O)N1CCC(N2CCCC2)CC1. The van der Waals surface area contributed by atoms with Crippen LogP contribution in [0.3, 0.4) is 0 Å². The smallest absolute Gasteiger partial charge is 0.252 e. The lowest BCUT2D eigenvalue weighted by molar-refractivity contribution is -0.135. The number of benzene rings is 1. The first kappa shape index (κ1) is 20.8. The van der Waals surface area contributed by atoms with Crippen LogP contribution in [0, 0.1) is 12.8 Å². The molecule has 2 aliphatic rings. The van der Waals surface area contributed by atoms with Gasteiger partial charge in [0.25, 0.3) is 5.91 Å². The Bertz CT molecular complexity index is 674. The Hall–Kier alpha value is -1.88. The lowest BCUT2D eigenvalue weighted by Gasteiger charge is -2.38. The number of carbonyl (C=O) groups excluding carboxylic acids is 2. The van der Waals surface area contributed by atoms with Crippen LogP contribution < -0.4 is 5.32 Å². The molecule has 1 unspecified atom stereocenters. The Balaban J connectivity index is 1.62. The fraction of sp³-hybridized carbons (Fsp3) is 0.652. The number of carbonyl (C=O) groups is 2. The minimum atomic E-state index is -0.449. The van der Waals surface area contributed by atoms with Gasteiger partial charge in [-0.3, -0.25) is 9.59 Å². The molecular formula is C23H35N3O2. The number of hydrogen-bond donors (Lipinski definition) is 1. The lowest BCUT2D eigenvalue weighted by atomic mass is 9.98. The summed E-state index contributed by atoms with van der Waals surface area (Å²) in [6.07, 6.45) is 5.38. The van der Waals surface area contributed by atoms with Gasteiger partial charge in [-0.25, -0.2) is 0 Å². The molecule has 2 aliphatic heterocycles. The zero-order valence-corrected chi connectivity index (χ0v) is 17.6. The Kier molecular flexibility index (Phi) is 7.11. The van der Waals surface area contributed by atoms with Crippen molar-refractivity contribution >= 4 is 11.8 Å². The summed E-state index contributed by atoms with van der Waals surface area (Å²) in [6.45, 7) is 10.1. The predicted molar refractivity (Wildman–Crippen MR) is 112 cm³/mol. The van der Waals surface area contributed by atoms with Crippen LogP contribution in [0.25, 0.3) is 0 Å². The van der Waals surface area contributed by atoms with Gasteiger partial charge in [0.15, 0.2) is 0 Å². The quantitative estimate of drug-likeness (QED) is 0.818. The number of nitrogens with zero attached hydrogens (tertiary/aromatic N) is 2. The summed E-state index contributed by atoms with van der Waals surface area (Å²) in [4.78, 5) is 30.6. The van der Waals surface area contributed by atoms with Crippen molar-refractivity contribution < 1.29 is 9.59 Å². The van der Waals surface area contributed by atoms with Crippen molar-refractivity contribution in [1.29, 1.82) is 0 Å². The van der Waals surface area contributed by atoms with E-state index in [1.54, 1.807) is 0 Å². The molecule has 1 atom stereocenters. The molecule has 0 aliphatic carbocycles. The minimum absolute atomic E-state index is 0.0792. The molecule has 154 valence electrons. The molecule has 0 spiro atoms. The van der Waals surface area contributed by atoms with E-state index in [1.165, 1.54) is 25.9 Å². The van der Waals surface area contributed by atoms with Crippen LogP contribution in [-0.4, -0.2) is 59.9 Å². The molecule has 5 nitrogen and oxygen atoms in total. The molecule has 2 saturated heterocycles. The first-order valence-corrected chi connectivity index (χ1v) is 10.8. The Labute approximate surface area is 169 Å². The van der Waals surface area contributed by atoms with E-state index in [0.717, 1.165) is 31.5 Å². The van der Waals surface area contributed by atoms with Gasteiger partial charge in [0, 0.05) is 24.7 Å². The number of rotatable bonds is 6. The summed E-state index contributed by atoms with van der Waals surface area (Å²) in [5.41, 5.74) is 1.58. The van der Waals surface area contributed by atoms with Crippen molar-refractivity contribution in [3.63, 3.8) is 0 Å². The van der Waals surface area contributed by atoms with Crippen LogP contribution in [0.5, 0.6) is 0 Å². The molecule has 5 heteroatoms. The van der Waals surface area contributed by atoms with Gasteiger partial charge >= 0.3 is 0 Å². The van der Waals surface area contributed by atoms with Gasteiger partial charge in [-0.2, -0.15) is 0 Å². The van der Waals surface area contributed by atoms with E-state index >= 15 is 0 Å². The number of piperidine rings is 1. The Morgan fingerprint density at radius 2 is 1.71 bits per heavy atom. The molecule has 2 fully saturated rings. The van der Waals surface area contributed by atoms with E-state index in [2.05, 4.69) is 24.1 Å². The number of hydrogen-bond acceptors (Lipinski definition) is 3. The topological polar surface area (TPSA) is 52.7 Å². The second-order valence-corrected chi connectivity index (χ2v) is 8.77. The molecular weight excluding hydrogens is 350 g/mol. The Morgan fingerprint density at radius 3 is 2.32 bits per heavy atom. The third-order valence-electron chi connectivity index (χ3n) is 6.13. The molecule has 28 heavy (non-hydrogen) atoms. The third-order valence-corrected chi connectivity index (χ3v) is 6.13. The van der Waals surface area contributed by atoms with Crippen LogP contribution in [0.2, 0.25) is 0 Å². The van der Waals surface area contributed by atoms with Crippen molar-refractivity contribution in [2.75, 3.05) is 26.2 Å². The molecule has 0 radical (unpaired) electrons. The van der Waals surface area contributed by atoms with E-state index in [0.29, 0.717) is 23.9 Å². The zero-order chi connectivity index (χ0) is 20.1. The van der Waals surface area contributed by atoms with Gasteiger partial charge in [-0.1, -0.05) is 32.0 Å². The number of likely N-dealkylation sites (tertiary alicyclic amines) is 2. The van der Waals surface area contributed by atoms with Crippen molar-refractivity contribution in [3.8, 4) is 0 Å². The lowest BCUT2D eigenvalue weighted by Crippen LogP contribution is -2.53. The average Bonchev–Trinajstić information content (AvgIpc) is 3.22. The van der Waals surface area contributed by atoms with Gasteiger partial charge < -0.3 is 15.1 Å². The summed E-state index contributed by atoms with van der Waals surface area (Å²) in [6, 6.07) is 7.71. The van der Waals surface area contributed by atoms with Crippen LogP contribution in [-0.2, 0) is 4.79 Å². The highest BCUT2D eigenvalue weighted by molar-refractivity contribution is 5.98. The normalized spacial score (nSPS) is 19.8. The third kappa shape index (κ3) is 5.13. The first-order chi connectivity index (χ1) is 13.5. The zero-order valence-electron chi connectivity index (χ0n) is 17.6. The van der Waals surface area contributed by atoms with Gasteiger partial charge in [-0.15, -0.1) is 0 Å². The van der Waals surface area contributed by atoms with E-state index in [9.17, 15) is 9.59 Å². The van der Waals surface area contributed by atoms with Gasteiger partial charge in [0.05, 0.1) is 0 Å². The second-order valence-electron chi connectivity index (χ2n) is 8.77. The molecule has 3 rings (SSSR count). The summed E-state index contributed by atoms with van der Waals surface area (Å²) >= 11 is 0. The van der Waals surface area contributed by atoms with Gasteiger partial charge in [0.2, 0.25) is 5.91 Å². The maximum Gasteiger partial charge on any atom is 0.252 e. The fourth-order valence-corrected chi connectivity index (χ4v) is 4.54. The number of aryl methyl sites for hydroxylation is 1. The maximum absolute atomic E-state index is 13.2. The Morgan fingerprint density at radius 1 is 1.07 bits per heavy atom. The minimum Gasteiger partial charge on any atom is -0.341 e. The summed E-state index contributed by atoms with van der Waals surface area (Å²) in [5, 5.41) is 3.03. The monoisotopic (exact) mass is 385 g/mol. The number of nitrogens with one attached hydrogen (secondary N) is 1. The fourth-order valence-electron chi connectivity index (χ4n) is 4.54. The molecule has 1 N–H and O–H groups in total. The summed E-state index contributed by atoms with van der Waals surface area (Å²) in [7, 11) is 0. The number of amides is 2. The summed E-state index contributed by atoms with van der Waals surface area (Å²) < 4.78 is 0. The molecule has 2 amide bonds. The van der Waals surface area contributed by atoms with Crippen LogP contribution >= 0.6 is 0 Å². The molecule has 0 saturated carbocycles. The highest BCUT2D eigenvalue weighted by Gasteiger charge is 2.32. The molecule has 1 aromatic rings. The van der Waals surface area contributed by atoms with Crippen LogP contribution in [0.15, 0.2) is 24.3 Å². The highest BCUT2D eigenvalue weighted by Crippen LogP contribution is 2.22.